The number of anilines is 1. The van der Waals surface area contributed by atoms with Gasteiger partial charge in [0.25, 0.3) is 0 Å². The van der Waals surface area contributed by atoms with Crippen LogP contribution in [-0.2, 0) is 0 Å². The van der Waals surface area contributed by atoms with Gasteiger partial charge in [-0.15, -0.1) is 0 Å². The van der Waals surface area contributed by atoms with Crippen molar-refractivity contribution in [2.45, 2.75) is 19.8 Å². The first-order chi connectivity index (χ1) is 12.1. The minimum absolute atomic E-state index is 0.0762. The number of carbonyl (C=O) groups excluding carboxylic acids is 1. The van der Waals surface area contributed by atoms with E-state index >= 15 is 0 Å². The maximum Gasteiger partial charge on any atom is 0.321 e. The molecule has 4 rings (SSSR count). The van der Waals surface area contributed by atoms with Crippen LogP contribution >= 0.6 is 11.6 Å². The van der Waals surface area contributed by atoms with Crippen LogP contribution in [-0.4, -0.2) is 39.0 Å². The van der Waals surface area contributed by atoms with Gasteiger partial charge in [-0.3, -0.25) is 0 Å². The first-order valence-electron chi connectivity index (χ1n) is 8.28. The van der Waals surface area contributed by atoms with Crippen molar-refractivity contribution < 1.29 is 4.79 Å². The number of halogens is 1. The minimum Gasteiger partial charge on any atom is -0.337 e. The third-order valence-electron chi connectivity index (χ3n) is 4.34. The van der Waals surface area contributed by atoms with Crippen LogP contribution in [0.5, 0.6) is 0 Å². The van der Waals surface area contributed by atoms with Crippen molar-refractivity contribution in [1.29, 1.82) is 0 Å². The molecule has 7 heteroatoms. The van der Waals surface area contributed by atoms with Crippen LogP contribution in [0.1, 0.15) is 18.4 Å². The zero-order valence-corrected chi connectivity index (χ0v) is 14.6. The molecule has 0 atom stereocenters. The Balaban J connectivity index is 1.65. The predicted octanol–water partition coefficient (Wildman–Crippen LogP) is 4.21. The van der Waals surface area contributed by atoms with Gasteiger partial charge in [-0.05, 0) is 49.6 Å². The molecule has 1 fully saturated rings. The average Bonchev–Trinajstić information content (AvgIpc) is 3.25. The fourth-order valence-electron chi connectivity index (χ4n) is 3.04. The van der Waals surface area contributed by atoms with E-state index in [0.717, 1.165) is 42.6 Å². The molecule has 2 amide bonds. The summed E-state index contributed by atoms with van der Waals surface area (Å²) in [6, 6.07) is 7.31. The molecule has 0 saturated carbocycles. The number of nitrogens with one attached hydrogen (secondary N) is 2. The van der Waals surface area contributed by atoms with E-state index in [9.17, 15) is 4.79 Å². The Morgan fingerprint density at radius 1 is 1.28 bits per heavy atom. The van der Waals surface area contributed by atoms with Gasteiger partial charge in [-0.2, -0.15) is 0 Å². The van der Waals surface area contributed by atoms with Crippen molar-refractivity contribution in [1.82, 2.24) is 19.9 Å². The fourth-order valence-corrected chi connectivity index (χ4v) is 3.25. The third-order valence-corrected chi connectivity index (χ3v) is 4.67. The molecule has 0 bridgehead atoms. The Labute approximate surface area is 150 Å². The van der Waals surface area contributed by atoms with Crippen molar-refractivity contribution in [3.8, 4) is 11.4 Å². The number of benzene rings is 1. The molecule has 1 aliphatic heterocycles. The Bertz CT molecular complexity index is 946. The number of imidazole rings is 1. The maximum atomic E-state index is 12.3. The van der Waals surface area contributed by atoms with Crippen LogP contribution < -0.4 is 5.32 Å². The highest BCUT2D eigenvalue weighted by Crippen LogP contribution is 2.30. The summed E-state index contributed by atoms with van der Waals surface area (Å²) >= 11 is 6.35. The number of aromatic amines is 1. The van der Waals surface area contributed by atoms with Gasteiger partial charge >= 0.3 is 6.03 Å². The number of rotatable bonds is 2. The Kier molecular flexibility index (Phi) is 4.05. The van der Waals surface area contributed by atoms with Gasteiger partial charge in [0, 0.05) is 30.5 Å². The molecule has 1 aromatic carbocycles. The number of H-pyrrole nitrogens is 1. The van der Waals surface area contributed by atoms with Crippen LogP contribution in [0.25, 0.3) is 22.6 Å². The molecular weight excluding hydrogens is 338 g/mol. The molecule has 2 N–H and O–H groups in total. The second-order valence-electron chi connectivity index (χ2n) is 6.29. The smallest absolute Gasteiger partial charge is 0.321 e. The van der Waals surface area contributed by atoms with Crippen molar-refractivity contribution in [3.05, 3.63) is 41.0 Å². The molecule has 0 aliphatic carbocycles. The van der Waals surface area contributed by atoms with E-state index in [1.54, 1.807) is 18.3 Å². The van der Waals surface area contributed by atoms with E-state index in [2.05, 4.69) is 20.3 Å². The molecule has 25 heavy (non-hydrogen) atoms. The van der Waals surface area contributed by atoms with Crippen LogP contribution in [0.3, 0.4) is 0 Å². The quantitative estimate of drug-likeness (QED) is 0.723. The van der Waals surface area contributed by atoms with E-state index in [1.807, 2.05) is 24.0 Å². The summed E-state index contributed by atoms with van der Waals surface area (Å²) in [7, 11) is 0. The number of nitrogens with zero attached hydrogens (tertiary/aromatic N) is 3. The molecule has 3 aromatic rings. The van der Waals surface area contributed by atoms with Gasteiger partial charge in [0.05, 0.1) is 10.5 Å². The van der Waals surface area contributed by atoms with Crippen LogP contribution in [0.2, 0.25) is 5.02 Å². The number of fused-ring (bicyclic) bond motifs is 1. The molecule has 2 aromatic heterocycles. The Morgan fingerprint density at radius 3 is 2.88 bits per heavy atom. The lowest BCUT2D eigenvalue weighted by molar-refractivity contribution is 0.222. The average molecular weight is 356 g/mol. The van der Waals surface area contributed by atoms with Gasteiger partial charge in [-0.1, -0.05) is 11.6 Å². The molecule has 0 radical (unpaired) electrons. The minimum atomic E-state index is -0.0762. The van der Waals surface area contributed by atoms with Gasteiger partial charge < -0.3 is 15.2 Å². The maximum absolute atomic E-state index is 12.3. The molecule has 3 heterocycles. The Morgan fingerprint density at radius 2 is 2.08 bits per heavy atom. The highest BCUT2D eigenvalue weighted by atomic mass is 35.5. The number of aromatic nitrogens is 3. The SMILES string of the molecule is Cc1cnc2nc(-c3cc(NC(=O)N4CCCC4)ccc3Cl)[nH]c2c1. The van der Waals surface area contributed by atoms with Crippen LogP contribution in [0, 0.1) is 6.92 Å². The van der Waals surface area contributed by atoms with Gasteiger partial charge in [0.15, 0.2) is 5.65 Å². The molecule has 128 valence electrons. The zero-order valence-electron chi connectivity index (χ0n) is 13.8. The molecule has 0 spiro atoms. The summed E-state index contributed by atoms with van der Waals surface area (Å²) < 4.78 is 0. The van der Waals surface area contributed by atoms with Gasteiger partial charge in [0.1, 0.15) is 5.82 Å². The van der Waals surface area contributed by atoms with Crippen LogP contribution in [0.15, 0.2) is 30.5 Å². The summed E-state index contributed by atoms with van der Waals surface area (Å²) in [6.07, 6.45) is 3.90. The number of hydrogen-bond acceptors (Lipinski definition) is 3. The number of amides is 2. The lowest BCUT2D eigenvalue weighted by atomic mass is 10.2. The van der Waals surface area contributed by atoms with Crippen molar-refractivity contribution >= 4 is 34.5 Å². The predicted molar refractivity (Wildman–Crippen MR) is 98.9 cm³/mol. The standard InChI is InChI=1S/C18H18ClN5O/c1-11-8-15-17(20-10-11)23-16(22-15)13-9-12(4-5-14(13)19)21-18(25)24-6-2-3-7-24/h4-5,8-10H,2-3,6-7H2,1H3,(H,21,25)(H,20,22,23). The number of hydrogen-bond donors (Lipinski definition) is 2. The molecule has 0 unspecified atom stereocenters. The topological polar surface area (TPSA) is 73.9 Å². The number of carbonyl (C=O) groups is 1. The molecule has 6 nitrogen and oxygen atoms in total. The zero-order chi connectivity index (χ0) is 17.4. The van der Waals surface area contributed by atoms with E-state index in [1.165, 1.54) is 0 Å². The lowest BCUT2D eigenvalue weighted by Crippen LogP contribution is -2.32. The second-order valence-corrected chi connectivity index (χ2v) is 6.70. The van der Waals surface area contributed by atoms with E-state index in [0.29, 0.717) is 22.2 Å². The Hall–Kier alpha value is -2.60. The molecule has 1 aliphatic rings. The summed E-state index contributed by atoms with van der Waals surface area (Å²) in [5.74, 6) is 0.635. The summed E-state index contributed by atoms with van der Waals surface area (Å²) in [5, 5.41) is 3.50. The van der Waals surface area contributed by atoms with E-state index < -0.39 is 0 Å². The number of aryl methyl sites for hydroxylation is 1. The number of urea groups is 1. The summed E-state index contributed by atoms with van der Waals surface area (Å²) in [5.41, 5.74) is 3.98. The van der Waals surface area contributed by atoms with Crippen molar-refractivity contribution in [2.24, 2.45) is 0 Å². The monoisotopic (exact) mass is 355 g/mol. The number of likely N-dealkylation sites (tertiary alicyclic amines) is 1. The molecule has 1 saturated heterocycles. The van der Waals surface area contributed by atoms with Gasteiger partial charge in [0.2, 0.25) is 0 Å². The highest BCUT2D eigenvalue weighted by molar-refractivity contribution is 6.33. The largest absolute Gasteiger partial charge is 0.337 e. The second kappa shape index (κ2) is 6.37. The fraction of sp³-hybridized carbons (Fsp3) is 0.278. The highest BCUT2D eigenvalue weighted by Gasteiger charge is 2.18. The van der Waals surface area contributed by atoms with E-state index in [-0.39, 0.29) is 6.03 Å². The van der Waals surface area contributed by atoms with Crippen molar-refractivity contribution in [2.75, 3.05) is 18.4 Å². The van der Waals surface area contributed by atoms with Crippen molar-refractivity contribution in [3.63, 3.8) is 0 Å². The number of pyridine rings is 1. The van der Waals surface area contributed by atoms with Gasteiger partial charge in [-0.25, -0.2) is 14.8 Å². The first kappa shape index (κ1) is 15.9. The summed E-state index contributed by atoms with van der Waals surface area (Å²) in [6.45, 7) is 3.59. The third kappa shape index (κ3) is 3.17. The normalized spacial score (nSPS) is 14.2. The molecular formula is C18H18ClN5O. The van der Waals surface area contributed by atoms with E-state index in [4.69, 9.17) is 11.6 Å². The lowest BCUT2D eigenvalue weighted by Gasteiger charge is -2.16. The van der Waals surface area contributed by atoms with Crippen LogP contribution in [0.4, 0.5) is 10.5 Å². The summed E-state index contributed by atoms with van der Waals surface area (Å²) in [4.78, 5) is 26.2. The first-order valence-corrected chi connectivity index (χ1v) is 8.66.